The summed E-state index contributed by atoms with van der Waals surface area (Å²) in [6, 6.07) is 5.91. The topological polar surface area (TPSA) is 64.3 Å². The lowest BCUT2D eigenvalue weighted by Crippen LogP contribution is -2.45. The van der Waals surface area contributed by atoms with Gasteiger partial charge in [0, 0.05) is 5.54 Å². The van der Waals surface area contributed by atoms with Gasteiger partial charge in [0.15, 0.2) is 5.60 Å². The Kier molecular flexibility index (Phi) is 2.61. The molecule has 1 aromatic rings. The molecule has 0 bridgehead atoms. The summed E-state index contributed by atoms with van der Waals surface area (Å²) in [5.74, 6) is 0.601. The van der Waals surface area contributed by atoms with Gasteiger partial charge in [-0.3, -0.25) is 4.79 Å². The number of carbonyl (C=O) groups is 1. The predicted octanol–water partition coefficient (Wildman–Crippen LogP) is 2.52. The number of rotatable bonds is 1. The monoisotopic (exact) mass is 260 g/mol. The van der Waals surface area contributed by atoms with Crippen LogP contribution >= 0.6 is 0 Å². The Balaban J connectivity index is 1.97. The van der Waals surface area contributed by atoms with Gasteiger partial charge in [0.2, 0.25) is 0 Å². The molecule has 0 radical (unpaired) electrons. The van der Waals surface area contributed by atoms with Gasteiger partial charge in [-0.05, 0) is 44.4 Å². The second-order valence-electron chi connectivity index (χ2n) is 6.14. The molecule has 0 spiro atoms. The summed E-state index contributed by atoms with van der Waals surface area (Å²) in [6.07, 6.45) is 4.35. The van der Waals surface area contributed by atoms with Crippen molar-refractivity contribution in [3.05, 3.63) is 23.8 Å². The summed E-state index contributed by atoms with van der Waals surface area (Å²) in [5.41, 5.74) is 7.21. The molecule has 0 aromatic heterocycles. The molecule has 3 rings (SSSR count). The van der Waals surface area contributed by atoms with E-state index in [1.165, 1.54) is 12.8 Å². The molecule has 1 aromatic carbocycles. The molecule has 0 saturated heterocycles. The molecule has 1 aliphatic carbocycles. The number of benzene rings is 1. The molecule has 1 fully saturated rings. The maximum absolute atomic E-state index is 11.9. The lowest BCUT2D eigenvalue weighted by Gasteiger charge is -2.33. The number of carbonyl (C=O) groups excluding carboxylic acids is 1. The highest BCUT2D eigenvalue weighted by atomic mass is 16.5. The summed E-state index contributed by atoms with van der Waals surface area (Å²) >= 11 is 0. The summed E-state index contributed by atoms with van der Waals surface area (Å²) in [7, 11) is 0. The average molecular weight is 260 g/mol. The minimum atomic E-state index is -0.817. The van der Waals surface area contributed by atoms with E-state index in [-0.39, 0.29) is 11.4 Å². The minimum Gasteiger partial charge on any atom is -0.476 e. The van der Waals surface area contributed by atoms with Crippen molar-refractivity contribution in [1.82, 2.24) is 0 Å². The zero-order valence-electron chi connectivity index (χ0n) is 11.5. The number of nitrogens with one attached hydrogen (secondary N) is 1. The highest BCUT2D eigenvalue weighted by Gasteiger charge is 2.37. The number of ether oxygens (including phenoxy) is 1. The zero-order valence-corrected chi connectivity index (χ0v) is 11.5. The fourth-order valence-corrected chi connectivity index (χ4v) is 2.92. The maximum atomic E-state index is 11.9. The highest BCUT2D eigenvalue weighted by Crippen LogP contribution is 2.41. The van der Waals surface area contributed by atoms with Crippen molar-refractivity contribution in [3.63, 3.8) is 0 Å². The molecule has 3 N–H and O–H groups in total. The second kappa shape index (κ2) is 3.97. The Bertz CT molecular complexity index is 531. The summed E-state index contributed by atoms with van der Waals surface area (Å²) in [4.78, 5) is 11.9. The largest absolute Gasteiger partial charge is 0.476 e. The minimum absolute atomic E-state index is 0.116. The van der Waals surface area contributed by atoms with Gasteiger partial charge < -0.3 is 15.8 Å². The van der Waals surface area contributed by atoms with E-state index in [9.17, 15) is 4.79 Å². The van der Waals surface area contributed by atoms with Crippen LogP contribution in [-0.2, 0) is 10.3 Å². The van der Waals surface area contributed by atoms with Crippen LogP contribution in [0, 0.1) is 0 Å². The first-order chi connectivity index (χ1) is 8.91. The van der Waals surface area contributed by atoms with Gasteiger partial charge in [0.25, 0.3) is 5.91 Å². The molecule has 0 atom stereocenters. The third-order valence-electron chi connectivity index (χ3n) is 4.21. The van der Waals surface area contributed by atoms with Gasteiger partial charge in [0.05, 0.1) is 5.69 Å². The molecule has 1 amide bonds. The molecule has 2 aliphatic rings. The maximum Gasteiger partial charge on any atom is 0.268 e. The summed E-state index contributed by atoms with van der Waals surface area (Å²) < 4.78 is 5.73. The van der Waals surface area contributed by atoms with Gasteiger partial charge in [-0.2, -0.15) is 0 Å². The second-order valence-corrected chi connectivity index (χ2v) is 6.14. The van der Waals surface area contributed by atoms with Crippen molar-refractivity contribution in [2.75, 3.05) is 5.32 Å². The van der Waals surface area contributed by atoms with Crippen LogP contribution in [0.2, 0.25) is 0 Å². The average Bonchev–Trinajstić information content (AvgIpc) is 2.78. The molecule has 1 heterocycles. The van der Waals surface area contributed by atoms with Crippen LogP contribution in [0.25, 0.3) is 0 Å². The van der Waals surface area contributed by atoms with E-state index in [0.29, 0.717) is 0 Å². The van der Waals surface area contributed by atoms with Crippen molar-refractivity contribution < 1.29 is 9.53 Å². The molecule has 4 heteroatoms. The number of anilines is 1. The fraction of sp³-hybridized carbons (Fsp3) is 0.533. The molecule has 4 nitrogen and oxygen atoms in total. The first-order valence-electron chi connectivity index (χ1n) is 6.85. The standard InChI is InChI=1S/C15H20N2O2/c1-14(2)13(18)17-11-9-10(5-6-12(11)19-14)15(16)7-3-4-8-15/h5-6,9H,3-4,7-8,16H2,1-2H3,(H,17,18). The van der Waals surface area contributed by atoms with E-state index in [1.807, 2.05) is 18.2 Å². The third-order valence-corrected chi connectivity index (χ3v) is 4.21. The van der Waals surface area contributed by atoms with E-state index >= 15 is 0 Å². The van der Waals surface area contributed by atoms with Crippen molar-refractivity contribution >= 4 is 11.6 Å². The predicted molar refractivity (Wildman–Crippen MR) is 74.1 cm³/mol. The number of hydrogen-bond donors (Lipinski definition) is 2. The SMILES string of the molecule is CC1(C)Oc2ccc(C3(N)CCCC3)cc2NC1=O. The van der Waals surface area contributed by atoms with Crippen molar-refractivity contribution in [1.29, 1.82) is 0 Å². The van der Waals surface area contributed by atoms with Crippen LogP contribution in [0.3, 0.4) is 0 Å². The van der Waals surface area contributed by atoms with E-state index < -0.39 is 5.60 Å². The molecular weight excluding hydrogens is 240 g/mol. The Morgan fingerprint density at radius 2 is 1.95 bits per heavy atom. The molecule has 1 aliphatic heterocycles. The summed E-state index contributed by atoms with van der Waals surface area (Å²) in [6.45, 7) is 3.53. The first-order valence-corrected chi connectivity index (χ1v) is 6.85. The van der Waals surface area contributed by atoms with E-state index in [1.54, 1.807) is 13.8 Å². The quantitative estimate of drug-likeness (QED) is 0.815. The van der Waals surface area contributed by atoms with Gasteiger partial charge in [-0.15, -0.1) is 0 Å². The molecule has 102 valence electrons. The molecule has 1 saturated carbocycles. The van der Waals surface area contributed by atoms with Crippen molar-refractivity contribution in [2.45, 2.75) is 50.7 Å². The van der Waals surface area contributed by atoms with E-state index in [4.69, 9.17) is 10.5 Å². The Labute approximate surface area is 113 Å². The van der Waals surface area contributed by atoms with Crippen molar-refractivity contribution in [3.8, 4) is 5.75 Å². The number of amides is 1. The number of nitrogens with two attached hydrogens (primary N) is 1. The third kappa shape index (κ3) is 2.00. The van der Waals surface area contributed by atoms with E-state index in [0.717, 1.165) is 29.8 Å². The molecular formula is C15H20N2O2. The number of hydrogen-bond acceptors (Lipinski definition) is 3. The Morgan fingerprint density at radius 3 is 2.63 bits per heavy atom. The van der Waals surface area contributed by atoms with Crippen LogP contribution in [-0.4, -0.2) is 11.5 Å². The Hall–Kier alpha value is -1.55. The summed E-state index contributed by atoms with van der Waals surface area (Å²) in [5, 5.41) is 2.91. The van der Waals surface area contributed by atoms with Crippen molar-refractivity contribution in [2.24, 2.45) is 5.73 Å². The van der Waals surface area contributed by atoms with Crippen LogP contribution < -0.4 is 15.8 Å². The van der Waals surface area contributed by atoms with Gasteiger partial charge in [-0.1, -0.05) is 18.9 Å². The van der Waals surface area contributed by atoms with Crippen LogP contribution in [0.15, 0.2) is 18.2 Å². The smallest absolute Gasteiger partial charge is 0.268 e. The first kappa shape index (κ1) is 12.5. The molecule has 0 unspecified atom stereocenters. The Morgan fingerprint density at radius 1 is 1.26 bits per heavy atom. The van der Waals surface area contributed by atoms with Crippen LogP contribution in [0.5, 0.6) is 5.75 Å². The van der Waals surface area contributed by atoms with Crippen LogP contribution in [0.1, 0.15) is 45.1 Å². The van der Waals surface area contributed by atoms with Gasteiger partial charge in [-0.25, -0.2) is 0 Å². The molecule has 19 heavy (non-hydrogen) atoms. The van der Waals surface area contributed by atoms with Gasteiger partial charge >= 0.3 is 0 Å². The number of fused-ring (bicyclic) bond motifs is 1. The lowest BCUT2D eigenvalue weighted by atomic mass is 9.88. The van der Waals surface area contributed by atoms with E-state index in [2.05, 4.69) is 5.32 Å². The van der Waals surface area contributed by atoms with Crippen LogP contribution in [0.4, 0.5) is 5.69 Å². The lowest BCUT2D eigenvalue weighted by molar-refractivity contribution is -0.129. The zero-order chi connectivity index (χ0) is 13.7. The van der Waals surface area contributed by atoms with Gasteiger partial charge in [0.1, 0.15) is 5.75 Å². The normalized spacial score (nSPS) is 23.4. The highest BCUT2D eigenvalue weighted by molar-refractivity contribution is 6.00. The fourth-order valence-electron chi connectivity index (χ4n) is 2.92.